The molecule has 0 spiro atoms. The summed E-state index contributed by atoms with van der Waals surface area (Å²) in [4.78, 5) is 0. The Bertz CT molecular complexity index is 26.3. The zero-order valence-corrected chi connectivity index (χ0v) is 4.00. The van der Waals surface area contributed by atoms with Crippen molar-refractivity contribution in [2.45, 2.75) is 13.8 Å². The zero-order valence-electron chi connectivity index (χ0n) is 3.00. The minimum absolute atomic E-state index is 1.22. The van der Waals surface area contributed by atoms with Crippen molar-refractivity contribution in [3.8, 4) is 0 Å². The van der Waals surface area contributed by atoms with E-state index >= 15 is 0 Å². The molecular formula is C3H7P. The molecule has 0 aliphatic carbocycles. The molecule has 0 bridgehead atoms. The number of hydrogen-bond acceptors (Lipinski definition) is 0. The smallest absolute Gasteiger partial charge is 0.0401 e. The molecule has 0 radical (unpaired) electrons. The Hall–Kier alpha value is 0.170. The van der Waals surface area contributed by atoms with E-state index < -0.39 is 0 Å². The van der Waals surface area contributed by atoms with Crippen LogP contribution in [0.1, 0.15) is 13.8 Å². The maximum atomic E-state index is 3.23. The van der Waals surface area contributed by atoms with Crippen LogP contribution < -0.4 is 0 Å². The first-order chi connectivity index (χ1) is 1.73. The molecule has 0 nitrogen and oxygen atoms in total. The van der Waals surface area contributed by atoms with Gasteiger partial charge in [-0.2, -0.15) is 0 Å². The van der Waals surface area contributed by atoms with Crippen LogP contribution in [0.5, 0.6) is 0 Å². The highest BCUT2D eigenvalue weighted by Gasteiger charge is 1.53. The van der Waals surface area contributed by atoms with Crippen molar-refractivity contribution in [1.82, 2.24) is 0 Å². The van der Waals surface area contributed by atoms with Crippen LogP contribution in [-0.2, 0) is 0 Å². The lowest BCUT2D eigenvalue weighted by atomic mass is 10.6. The van der Waals surface area contributed by atoms with Gasteiger partial charge in [-0.05, 0) is 13.8 Å². The molecule has 4 heavy (non-hydrogen) atoms. The normalized spacial score (nSPS) is 6.50. The number of rotatable bonds is 0. The summed E-state index contributed by atoms with van der Waals surface area (Å²) in [6.45, 7) is 3.99. The predicted octanol–water partition coefficient (Wildman–Crippen LogP) is 1.34. The average Bonchev–Trinajstić information content (AvgIpc) is 0.811. The Morgan fingerprint density at radius 2 is 1.50 bits per heavy atom. The first-order valence-electron chi connectivity index (χ1n) is 1.25. The van der Waals surface area contributed by atoms with Crippen LogP contribution in [0.25, 0.3) is 0 Å². The molecule has 0 saturated heterocycles. The second-order valence-corrected chi connectivity index (χ2v) is 2.00. The van der Waals surface area contributed by atoms with Gasteiger partial charge in [0, 0.05) is 0 Å². The van der Waals surface area contributed by atoms with E-state index in [1.807, 2.05) is 13.8 Å². The molecule has 0 aliphatic heterocycles. The Labute approximate surface area is 29.1 Å². The maximum Gasteiger partial charge on any atom is -0.0401 e. The molecule has 0 aromatic heterocycles. The summed E-state index contributed by atoms with van der Waals surface area (Å²) in [6, 6.07) is 0. The molecule has 0 aromatic rings. The molecule has 0 aromatic carbocycles. The van der Waals surface area contributed by atoms with Gasteiger partial charge in [0.25, 0.3) is 0 Å². The molecule has 0 unspecified atom stereocenters. The SMILES string of the molecule is CC(C)=P. The fourth-order valence-electron chi connectivity index (χ4n) is 0. The molecule has 0 aliphatic rings. The molecule has 1 heteroatoms. The van der Waals surface area contributed by atoms with Gasteiger partial charge < -0.3 is 0 Å². The summed E-state index contributed by atoms with van der Waals surface area (Å²) in [5.41, 5.74) is 0. The summed E-state index contributed by atoms with van der Waals surface area (Å²) >= 11 is 0. The van der Waals surface area contributed by atoms with Crippen molar-refractivity contribution in [2.75, 3.05) is 0 Å². The van der Waals surface area contributed by atoms with Crippen molar-refractivity contribution in [2.24, 2.45) is 0 Å². The Morgan fingerprint density at radius 1 is 1.50 bits per heavy atom. The molecule has 0 atom stereocenters. The van der Waals surface area contributed by atoms with Crippen LogP contribution in [0.4, 0.5) is 0 Å². The molecule has 0 heterocycles. The van der Waals surface area contributed by atoms with Crippen molar-refractivity contribution < 1.29 is 0 Å². The topological polar surface area (TPSA) is 0 Å². The summed E-state index contributed by atoms with van der Waals surface area (Å²) in [7, 11) is 3.23. The highest BCUT2D eigenvalue weighted by molar-refractivity contribution is 7.20. The van der Waals surface area contributed by atoms with E-state index in [2.05, 4.69) is 8.86 Å². The second-order valence-electron chi connectivity index (χ2n) is 1.00. The van der Waals surface area contributed by atoms with E-state index in [-0.39, 0.29) is 0 Å². The third-order valence-corrected chi connectivity index (χ3v) is 0. The first kappa shape index (κ1) is 4.17. The monoisotopic (exact) mass is 74.0 g/mol. The quantitative estimate of drug-likeness (QED) is 0.380. The number of hydrogen-bond donors (Lipinski definition) is 0. The zero-order chi connectivity index (χ0) is 3.58. The van der Waals surface area contributed by atoms with Crippen molar-refractivity contribution in [3.05, 3.63) is 0 Å². The van der Waals surface area contributed by atoms with Crippen molar-refractivity contribution in [1.29, 1.82) is 0 Å². The standard InChI is InChI=1S/C3H7P/c1-3(2)4/h4H,1-2H3. The van der Waals surface area contributed by atoms with Gasteiger partial charge in [0.2, 0.25) is 0 Å². The fraction of sp³-hybridized carbons (Fsp3) is 0.667. The predicted molar refractivity (Wildman–Crippen MR) is 24.7 cm³/mol. The summed E-state index contributed by atoms with van der Waals surface area (Å²) < 4.78 is 0. The van der Waals surface area contributed by atoms with Crippen molar-refractivity contribution in [3.63, 3.8) is 0 Å². The van der Waals surface area contributed by atoms with Crippen LogP contribution in [0, 0.1) is 0 Å². The summed E-state index contributed by atoms with van der Waals surface area (Å²) in [5, 5.41) is 1.22. The molecule has 0 N–H and O–H groups in total. The second kappa shape index (κ2) is 1.49. The van der Waals surface area contributed by atoms with Gasteiger partial charge in [-0.1, -0.05) is 5.29 Å². The van der Waals surface area contributed by atoms with Gasteiger partial charge in [-0.15, -0.1) is 8.86 Å². The lowest BCUT2D eigenvalue weighted by molar-refractivity contribution is 1.85. The Balaban J connectivity index is 2.80. The average molecular weight is 74.1 g/mol. The lowest BCUT2D eigenvalue weighted by Crippen LogP contribution is -1.62. The van der Waals surface area contributed by atoms with Crippen LogP contribution in [0.2, 0.25) is 0 Å². The van der Waals surface area contributed by atoms with E-state index in [1.54, 1.807) is 0 Å². The summed E-state index contributed by atoms with van der Waals surface area (Å²) in [5.74, 6) is 0. The first-order valence-corrected chi connectivity index (χ1v) is 1.75. The molecular weight excluding hydrogens is 67.0 g/mol. The molecule has 0 rings (SSSR count). The summed E-state index contributed by atoms with van der Waals surface area (Å²) in [6.07, 6.45) is 0. The maximum absolute atomic E-state index is 3.23. The van der Waals surface area contributed by atoms with Crippen LogP contribution in [0.15, 0.2) is 0 Å². The van der Waals surface area contributed by atoms with E-state index in [1.165, 1.54) is 5.29 Å². The van der Waals surface area contributed by atoms with Gasteiger partial charge in [0.1, 0.15) is 0 Å². The minimum atomic E-state index is 1.22. The van der Waals surface area contributed by atoms with E-state index in [0.717, 1.165) is 0 Å². The molecule has 24 valence electrons. The van der Waals surface area contributed by atoms with Crippen LogP contribution in [0.3, 0.4) is 0 Å². The van der Waals surface area contributed by atoms with Crippen molar-refractivity contribution >= 4 is 14.2 Å². The minimum Gasteiger partial charge on any atom is -0.124 e. The van der Waals surface area contributed by atoms with Gasteiger partial charge in [-0.25, -0.2) is 0 Å². The lowest BCUT2D eigenvalue weighted by Gasteiger charge is -1.64. The van der Waals surface area contributed by atoms with Crippen LogP contribution >= 0.6 is 8.86 Å². The molecule has 0 amide bonds. The van der Waals surface area contributed by atoms with Crippen LogP contribution in [-0.4, -0.2) is 5.29 Å². The largest absolute Gasteiger partial charge is 0.124 e. The van der Waals surface area contributed by atoms with E-state index in [0.29, 0.717) is 0 Å². The highest BCUT2D eigenvalue weighted by atomic mass is 31.0. The van der Waals surface area contributed by atoms with Gasteiger partial charge in [0.05, 0.1) is 0 Å². The van der Waals surface area contributed by atoms with Gasteiger partial charge in [0.15, 0.2) is 0 Å². The third kappa shape index (κ3) is 103. The Kier molecular flexibility index (Phi) is 1.55. The molecule has 0 fully saturated rings. The van der Waals surface area contributed by atoms with E-state index in [9.17, 15) is 0 Å². The molecule has 0 saturated carbocycles. The highest BCUT2D eigenvalue weighted by Crippen LogP contribution is 1.66. The van der Waals surface area contributed by atoms with Gasteiger partial charge in [-0.3, -0.25) is 0 Å². The van der Waals surface area contributed by atoms with E-state index in [4.69, 9.17) is 0 Å². The fourth-order valence-corrected chi connectivity index (χ4v) is 0. The van der Waals surface area contributed by atoms with Gasteiger partial charge >= 0.3 is 0 Å². The Morgan fingerprint density at radius 3 is 1.50 bits per heavy atom. The third-order valence-electron chi connectivity index (χ3n) is 0.